The van der Waals surface area contributed by atoms with Crippen LogP contribution in [-0.2, 0) is 4.79 Å². The summed E-state index contributed by atoms with van der Waals surface area (Å²) in [6.07, 6.45) is 5.37. The third-order valence-electron chi connectivity index (χ3n) is 5.80. The molecule has 1 aromatic heterocycles. The molecule has 6 nitrogen and oxygen atoms in total. The molecular formula is C25H26ClNO5. The maximum atomic E-state index is 13.3. The fourth-order valence-electron chi connectivity index (χ4n) is 4.02. The first-order valence-corrected chi connectivity index (χ1v) is 11.2. The van der Waals surface area contributed by atoms with Crippen LogP contribution in [0.25, 0.3) is 22.3 Å². The van der Waals surface area contributed by atoms with Gasteiger partial charge < -0.3 is 19.2 Å². The first kappa shape index (κ1) is 22.2. The zero-order valence-corrected chi connectivity index (χ0v) is 19.0. The summed E-state index contributed by atoms with van der Waals surface area (Å²) in [4.78, 5) is 25.8. The molecule has 0 spiro atoms. The summed E-state index contributed by atoms with van der Waals surface area (Å²) in [6, 6.07) is 10.6. The number of nitrogens with one attached hydrogen (secondary N) is 1. The molecule has 3 aromatic rings. The summed E-state index contributed by atoms with van der Waals surface area (Å²) in [5.74, 6) is 0.673. The SMILES string of the molecule is COc1ccc(-c2oc3cc(C)c(Cl)cc3c(=O)c2OCC(=O)NC2CCCCC2)cc1. The van der Waals surface area contributed by atoms with Gasteiger partial charge in [-0.2, -0.15) is 0 Å². The van der Waals surface area contributed by atoms with Crippen LogP contribution in [0.2, 0.25) is 5.02 Å². The number of methoxy groups -OCH3 is 1. The van der Waals surface area contributed by atoms with Crippen LogP contribution in [-0.4, -0.2) is 25.7 Å². The molecule has 1 aliphatic carbocycles. The molecule has 0 bridgehead atoms. The maximum absolute atomic E-state index is 13.3. The van der Waals surface area contributed by atoms with Crippen molar-refractivity contribution >= 4 is 28.5 Å². The van der Waals surface area contributed by atoms with E-state index in [0.29, 0.717) is 27.3 Å². The van der Waals surface area contributed by atoms with Gasteiger partial charge in [-0.15, -0.1) is 0 Å². The van der Waals surface area contributed by atoms with E-state index in [-0.39, 0.29) is 35.5 Å². The Morgan fingerprint density at radius 2 is 1.88 bits per heavy atom. The summed E-state index contributed by atoms with van der Waals surface area (Å²) in [5, 5.41) is 3.77. The van der Waals surface area contributed by atoms with Gasteiger partial charge in [-0.05, 0) is 61.7 Å². The van der Waals surface area contributed by atoms with Crippen molar-refractivity contribution in [1.29, 1.82) is 0 Å². The lowest BCUT2D eigenvalue weighted by molar-refractivity contribution is -0.124. The van der Waals surface area contributed by atoms with Crippen molar-refractivity contribution in [3.05, 3.63) is 57.2 Å². The molecule has 0 unspecified atom stereocenters. The lowest BCUT2D eigenvalue weighted by atomic mass is 9.95. The first-order chi connectivity index (χ1) is 15.5. The van der Waals surface area contributed by atoms with Crippen LogP contribution in [0.4, 0.5) is 0 Å². The second-order valence-electron chi connectivity index (χ2n) is 8.11. The van der Waals surface area contributed by atoms with Crippen molar-refractivity contribution in [3.63, 3.8) is 0 Å². The monoisotopic (exact) mass is 455 g/mol. The Kier molecular flexibility index (Phi) is 6.70. The van der Waals surface area contributed by atoms with Crippen LogP contribution in [0.15, 0.2) is 45.6 Å². The average molecular weight is 456 g/mol. The summed E-state index contributed by atoms with van der Waals surface area (Å²) in [6.45, 7) is 1.57. The Morgan fingerprint density at radius 1 is 1.16 bits per heavy atom. The Morgan fingerprint density at radius 3 is 2.56 bits per heavy atom. The number of amides is 1. The molecule has 0 radical (unpaired) electrons. The van der Waals surface area contributed by atoms with Gasteiger partial charge in [0.15, 0.2) is 12.4 Å². The normalized spacial score (nSPS) is 14.3. The molecule has 0 atom stereocenters. The van der Waals surface area contributed by atoms with E-state index >= 15 is 0 Å². The molecule has 1 aliphatic rings. The van der Waals surface area contributed by atoms with Gasteiger partial charge >= 0.3 is 0 Å². The molecule has 1 saturated carbocycles. The zero-order chi connectivity index (χ0) is 22.7. The molecule has 1 N–H and O–H groups in total. The minimum Gasteiger partial charge on any atom is -0.497 e. The number of carbonyl (C=O) groups is 1. The van der Waals surface area contributed by atoms with E-state index in [9.17, 15) is 9.59 Å². The topological polar surface area (TPSA) is 77.8 Å². The van der Waals surface area contributed by atoms with E-state index in [2.05, 4.69) is 5.32 Å². The molecule has 0 saturated heterocycles. The van der Waals surface area contributed by atoms with Gasteiger partial charge in [0, 0.05) is 16.6 Å². The Bertz CT molecular complexity index is 1180. The number of benzene rings is 2. The molecule has 7 heteroatoms. The quantitative estimate of drug-likeness (QED) is 0.548. The van der Waals surface area contributed by atoms with E-state index in [4.69, 9.17) is 25.5 Å². The summed E-state index contributed by atoms with van der Waals surface area (Å²) in [5.41, 5.74) is 1.47. The molecule has 4 rings (SSSR count). The van der Waals surface area contributed by atoms with Crippen LogP contribution in [0.3, 0.4) is 0 Å². The van der Waals surface area contributed by atoms with Crippen molar-refractivity contribution in [2.45, 2.75) is 45.1 Å². The third-order valence-corrected chi connectivity index (χ3v) is 6.21. The van der Waals surface area contributed by atoms with Crippen molar-refractivity contribution < 1.29 is 18.7 Å². The highest BCUT2D eigenvalue weighted by atomic mass is 35.5. The number of hydrogen-bond acceptors (Lipinski definition) is 5. The Labute approximate surface area is 191 Å². The highest BCUT2D eigenvalue weighted by Crippen LogP contribution is 2.33. The second-order valence-corrected chi connectivity index (χ2v) is 8.51. The largest absolute Gasteiger partial charge is 0.497 e. The van der Waals surface area contributed by atoms with Gasteiger partial charge in [-0.1, -0.05) is 30.9 Å². The highest BCUT2D eigenvalue weighted by molar-refractivity contribution is 6.32. The van der Waals surface area contributed by atoms with Gasteiger partial charge in [0.05, 0.1) is 12.5 Å². The summed E-state index contributed by atoms with van der Waals surface area (Å²) < 4.78 is 17.1. The zero-order valence-electron chi connectivity index (χ0n) is 18.2. The number of halogens is 1. The van der Waals surface area contributed by atoms with Crippen molar-refractivity contribution in [2.24, 2.45) is 0 Å². The first-order valence-electron chi connectivity index (χ1n) is 10.8. The number of rotatable bonds is 6. The predicted octanol–water partition coefficient (Wildman–Crippen LogP) is 5.26. The lowest BCUT2D eigenvalue weighted by Crippen LogP contribution is -2.39. The number of carbonyl (C=O) groups excluding carboxylic acids is 1. The van der Waals surface area contributed by atoms with Gasteiger partial charge in [-0.25, -0.2) is 0 Å². The van der Waals surface area contributed by atoms with Crippen LogP contribution in [0, 0.1) is 6.92 Å². The molecule has 1 fully saturated rings. The number of hydrogen-bond donors (Lipinski definition) is 1. The molecule has 168 valence electrons. The van der Waals surface area contributed by atoms with Crippen molar-refractivity contribution in [1.82, 2.24) is 5.32 Å². The molecule has 32 heavy (non-hydrogen) atoms. The van der Waals surface area contributed by atoms with Crippen LogP contribution in [0.5, 0.6) is 11.5 Å². The molecule has 1 amide bonds. The summed E-state index contributed by atoms with van der Waals surface area (Å²) in [7, 11) is 1.58. The third kappa shape index (κ3) is 4.75. The molecule has 1 heterocycles. The van der Waals surface area contributed by atoms with E-state index in [1.165, 1.54) is 6.42 Å². The van der Waals surface area contributed by atoms with Gasteiger partial charge in [0.25, 0.3) is 5.91 Å². The fraction of sp³-hybridized carbons (Fsp3) is 0.360. The van der Waals surface area contributed by atoms with Gasteiger partial charge in [0.2, 0.25) is 11.2 Å². The number of aryl methyl sites for hydroxylation is 1. The number of ether oxygens (including phenoxy) is 2. The minimum atomic E-state index is -0.371. The van der Waals surface area contributed by atoms with Crippen molar-refractivity contribution in [3.8, 4) is 22.8 Å². The predicted molar refractivity (Wildman–Crippen MR) is 125 cm³/mol. The highest BCUT2D eigenvalue weighted by Gasteiger charge is 2.21. The van der Waals surface area contributed by atoms with Gasteiger partial charge in [0.1, 0.15) is 11.3 Å². The molecule has 2 aromatic carbocycles. The summed E-state index contributed by atoms with van der Waals surface area (Å²) >= 11 is 6.24. The van der Waals surface area contributed by atoms with E-state index < -0.39 is 0 Å². The maximum Gasteiger partial charge on any atom is 0.258 e. The molecular weight excluding hydrogens is 430 g/mol. The lowest BCUT2D eigenvalue weighted by Gasteiger charge is -2.22. The van der Waals surface area contributed by atoms with E-state index in [0.717, 1.165) is 31.2 Å². The number of fused-ring (bicyclic) bond motifs is 1. The minimum absolute atomic E-state index is 0.0126. The standard InChI is InChI=1S/C25H26ClNO5/c1-15-12-21-19(13-20(15)26)23(29)25(24(32-21)16-8-10-18(30-2)11-9-16)31-14-22(28)27-17-6-4-3-5-7-17/h8-13,17H,3-7,14H2,1-2H3,(H,27,28). The van der Waals surface area contributed by atoms with E-state index in [1.54, 1.807) is 43.5 Å². The van der Waals surface area contributed by atoms with Crippen LogP contribution < -0.4 is 20.2 Å². The smallest absolute Gasteiger partial charge is 0.258 e. The van der Waals surface area contributed by atoms with E-state index in [1.807, 2.05) is 6.92 Å². The Balaban J connectivity index is 1.69. The van der Waals surface area contributed by atoms with Crippen molar-refractivity contribution in [2.75, 3.05) is 13.7 Å². The van der Waals surface area contributed by atoms with Gasteiger partial charge in [-0.3, -0.25) is 9.59 Å². The van der Waals surface area contributed by atoms with Crippen LogP contribution in [0.1, 0.15) is 37.7 Å². The average Bonchev–Trinajstić information content (AvgIpc) is 2.80. The Hall–Kier alpha value is -2.99. The second kappa shape index (κ2) is 9.65. The van der Waals surface area contributed by atoms with Crippen LogP contribution >= 0.6 is 11.6 Å². The molecule has 0 aliphatic heterocycles. The fourth-order valence-corrected chi connectivity index (χ4v) is 4.18.